The van der Waals surface area contributed by atoms with Crippen molar-refractivity contribution in [2.24, 2.45) is 4.99 Å². The minimum absolute atomic E-state index is 0.678. The smallest absolute Gasteiger partial charge is 0.175 e. The molecule has 0 aliphatic heterocycles. The van der Waals surface area contributed by atoms with Crippen molar-refractivity contribution >= 4 is 43.4 Å². The summed E-state index contributed by atoms with van der Waals surface area (Å²) in [7, 11) is 3.98. The highest BCUT2D eigenvalue weighted by atomic mass is 32.1. The van der Waals surface area contributed by atoms with Gasteiger partial charge in [-0.1, -0.05) is 29.8 Å². The van der Waals surface area contributed by atoms with Crippen LogP contribution in [-0.2, 0) is 0 Å². The number of fused-ring (bicyclic) bond motifs is 3. The van der Waals surface area contributed by atoms with Gasteiger partial charge in [-0.15, -0.1) is 11.3 Å². The monoisotopic (exact) mass is 347 g/mol. The molecule has 0 aliphatic carbocycles. The van der Waals surface area contributed by atoms with Crippen LogP contribution in [0.5, 0.6) is 0 Å². The number of hydrogen-bond donors (Lipinski definition) is 0. The Balaban J connectivity index is 1.92. The van der Waals surface area contributed by atoms with Gasteiger partial charge < -0.3 is 4.90 Å². The van der Waals surface area contributed by atoms with E-state index >= 15 is 0 Å². The number of aliphatic imine (C=N–C) groups is 1. The molecule has 0 spiro atoms. The lowest BCUT2D eigenvalue weighted by Gasteiger charge is -2.16. The molecular weight excluding hydrogens is 330 g/mol. The summed E-state index contributed by atoms with van der Waals surface area (Å²) in [6.45, 7) is 2.08. The van der Waals surface area contributed by atoms with Crippen LogP contribution in [0.4, 0.5) is 5.82 Å². The fourth-order valence-electron chi connectivity index (χ4n) is 2.70. The zero-order valence-corrected chi connectivity index (χ0v) is 15.1. The molecule has 0 amide bonds. The Morgan fingerprint density at radius 3 is 2.60 bits per heavy atom. The van der Waals surface area contributed by atoms with Gasteiger partial charge in [0.25, 0.3) is 0 Å². The first-order chi connectivity index (χ1) is 12.1. The van der Waals surface area contributed by atoms with E-state index < -0.39 is 0 Å². The number of amidine groups is 1. The molecule has 1 aromatic carbocycles. The fourth-order valence-corrected chi connectivity index (χ4v) is 3.74. The van der Waals surface area contributed by atoms with Gasteiger partial charge in [-0.05, 0) is 19.1 Å². The maximum Gasteiger partial charge on any atom is 0.175 e. The maximum atomic E-state index is 4.86. The second kappa shape index (κ2) is 6.22. The van der Waals surface area contributed by atoms with Crippen molar-refractivity contribution in [3.63, 3.8) is 0 Å². The standard InChI is InChI=1S/C19H17N5S/c1-12-6-8-13(9-7-12)18(24(2)3)23-17-16-15(21-11-22-17)14-5-4-10-20-19(14)25-16/h4-11H,1-3H3. The summed E-state index contributed by atoms with van der Waals surface area (Å²) < 4.78 is 0.961. The molecule has 4 rings (SSSR count). The van der Waals surface area contributed by atoms with E-state index in [1.807, 2.05) is 31.1 Å². The first kappa shape index (κ1) is 15.7. The van der Waals surface area contributed by atoms with Crippen LogP contribution in [0.2, 0.25) is 0 Å². The van der Waals surface area contributed by atoms with Crippen LogP contribution in [-0.4, -0.2) is 39.8 Å². The van der Waals surface area contributed by atoms with Gasteiger partial charge in [-0.3, -0.25) is 0 Å². The second-order valence-corrected chi connectivity index (χ2v) is 7.03. The lowest BCUT2D eigenvalue weighted by Crippen LogP contribution is -2.22. The Morgan fingerprint density at radius 2 is 1.84 bits per heavy atom. The average molecular weight is 347 g/mol. The van der Waals surface area contributed by atoms with Gasteiger partial charge in [0.15, 0.2) is 5.82 Å². The maximum absolute atomic E-state index is 4.86. The molecule has 0 bridgehead atoms. The average Bonchev–Trinajstić information content (AvgIpc) is 3.00. The lowest BCUT2D eigenvalue weighted by atomic mass is 10.1. The molecule has 0 unspecified atom stereocenters. The lowest BCUT2D eigenvalue weighted by molar-refractivity contribution is 0.624. The number of rotatable bonds is 2. The quantitative estimate of drug-likeness (QED) is 0.403. The van der Waals surface area contributed by atoms with Crippen LogP contribution >= 0.6 is 11.3 Å². The van der Waals surface area contributed by atoms with E-state index in [0.717, 1.165) is 31.8 Å². The topological polar surface area (TPSA) is 54.3 Å². The van der Waals surface area contributed by atoms with Crippen molar-refractivity contribution in [1.29, 1.82) is 0 Å². The van der Waals surface area contributed by atoms with E-state index in [4.69, 9.17) is 4.99 Å². The van der Waals surface area contributed by atoms with Gasteiger partial charge in [-0.25, -0.2) is 19.9 Å². The Kier molecular flexibility index (Phi) is 3.89. The summed E-state index contributed by atoms with van der Waals surface area (Å²) in [5, 5.41) is 1.04. The summed E-state index contributed by atoms with van der Waals surface area (Å²) >= 11 is 1.58. The molecule has 25 heavy (non-hydrogen) atoms. The summed E-state index contributed by atoms with van der Waals surface area (Å²) in [5.41, 5.74) is 3.19. The number of benzene rings is 1. The predicted molar refractivity (Wildman–Crippen MR) is 104 cm³/mol. The Bertz CT molecular complexity index is 1080. The first-order valence-electron chi connectivity index (χ1n) is 7.95. The predicted octanol–water partition coefficient (Wildman–Crippen LogP) is 4.19. The highest BCUT2D eigenvalue weighted by Crippen LogP contribution is 2.35. The van der Waals surface area contributed by atoms with Crippen molar-refractivity contribution < 1.29 is 0 Å². The molecule has 0 saturated heterocycles. The van der Waals surface area contributed by atoms with E-state index in [-0.39, 0.29) is 0 Å². The van der Waals surface area contributed by atoms with E-state index in [1.54, 1.807) is 23.9 Å². The third-order valence-electron chi connectivity index (χ3n) is 3.96. The van der Waals surface area contributed by atoms with Crippen molar-refractivity contribution in [2.45, 2.75) is 6.92 Å². The zero-order chi connectivity index (χ0) is 17.4. The second-order valence-electron chi connectivity index (χ2n) is 6.03. The molecule has 0 atom stereocenters. The molecule has 0 N–H and O–H groups in total. The molecule has 0 saturated carbocycles. The van der Waals surface area contributed by atoms with Crippen LogP contribution in [0.1, 0.15) is 11.1 Å². The summed E-state index contributed by atoms with van der Waals surface area (Å²) in [6.07, 6.45) is 3.37. The van der Waals surface area contributed by atoms with Gasteiger partial charge in [0, 0.05) is 31.2 Å². The van der Waals surface area contributed by atoms with E-state index in [9.17, 15) is 0 Å². The minimum atomic E-state index is 0.678. The minimum Gasteiger partial charge on any atom is -0.362 e. The largest absolute Gasteiger partial charge is 0.362 e. The summed E-state index contributed by atoms with van der Waals surface area (Å²) in [5.74, 6) is 1.54. The van der Waals surface area contributed by atoms with Crippen LogP contribution in [0.3, 0.4) is 0 Å². The van der Waals surface area contributed by atoms with Gasteiger partial charge in [-0.2, -0.15) is 0 Å². The van der Waals surface area contributed by atoms with Crippen molar-refractivity contribution in [2.75, 3.05) is 14.1 Å². The SMILES string of the molecule is Cc1ccc(C(=Nc2ncnc3c2sc2ncccc23)N(C)C)cc1. The van der Waals surface area contributed by atoms with Crippen LogP contribution in [0.25, 0.3) is 20.4 Å². The van der Waals surface area contributed by atoms with Crippen molar-refractivity contribution in [1.82, 2.24) is 19.9 Å². The van der Waals surface area contributed by atoms with Crippen LogP contribution in [0, 0.1) is 6.92 Å². The number of thiophene rings is 1. The number of pyridine rings is 1. The molecule has 0 aliphatic rings. The third kappa shape index (κ3) is 2.85. The highest BCUT2D eigenvalue weighted by molar-refractivity contribution is 7.25. The van der Waals surface area contributed by atoms with Crippen LogP contribution < -0.4 is 0 Å². The van der Waals surface area contributed by atoms with E-state index in [1.165, 1.54) is 5.56 Å². The Labute approximate surface area is 149 Å². The number of hydrogen-bond acceptors (Lipinski definition) is 5. The zero-order valence-electron chi connectivity index (χ0n) is 14.3. The number of nitrogens with zero attached hydrogens (tertiary/aromatic N) is 5. The highest BCUT2D eigenvalue weighted by Gasteiger charge is 2.13. The van der Waals surface area contributed by atoms with E-state index in [0.29, 0.717) is 5.82 Å². The normalized spacial score (nSPS) is 12.0. The molecule has 3 heterocycles. The van der Waals surface area contributed by atoms with Gasteiger partial charge >= 0.3 is 0 Å². The molecule has 5 nitrogen and oxygen atoms in total. The number of aromatic nitrogens is 3. The fraction of sp³-hybridized carbons (Fsp3) is 0.158. The van der Waals surface area contributed by atoms with Gasteiger partial charge in [0.2, 0.25) is 0 Å². The van der Waals surface area contributed by atoms with Gasteiger partial charge in [0.1, 0.15) is 21.7 Å². The van der Waals surface area contributed by atoms with Gasteiger partial charge in [0.05, 0.1) is 5.52 Å². The Hall–Kier alpha value is -2.86. The molecule has 0 radical (unpaired) electrons. The molecule has 4 aromatic rings. The van der Waals surface area contributed by atoms with Crippen LogP contribution in [0.15, 0.2) is 53.9 Å². The first-order valence-corrected chi connectivity index (χ1v) is 8.76. The number of aryl methyl sites for hydroxylation is 1. The molecule has 3 aromatic heterocycles. The Morgan fingerprint density at radius 1 is 1.04 bits per heavy atom. The van der Waals surface area contributed by atoms with Crippen molar-refractivity contribution in [3.05, 3.63) is 60.0 Å². The molecule has 124 valence electrons. The molecule has 0 fully saturated rings. The van der Waals surface area contributed by atoms with Crippen molar-refractivity contribution in [3.8, 4) is 0 Å². The summed E-state index contributed by atoms with van der Waals surface area (Å²) in [6, 6.07) is 12.3. The molecule has 6 heteroatoms. The third-order valence-corrected chi connectivity index (χ3v) is 5.05. The molecular formula is C19H17N5S. The van der Waals surface area contributed by atoms with E-state index in [2.05, 4.69) is 46.1 Å². The summed E-state index contributed by atoms with van der Waals surface area (Å²) in [4.78, 5) is 21.1.